The largest absolute Gasteiger partial charge is 0.458 e. The number of anilines is 2. The second-order valence-corrected chi connectivity index (χ2v) is 15.5. The predicted molar refractivity (Wildman–Crippen MR) is 212 cm³/mol. The molecule has 1 saturated carbocycles. The number of amides is 1. The topological polar surface area (TPSA) is 115 Å². The number of aliphatic imine (C=N–C) groups is 1. The number of halogens is 1. The lowest BCUT2D eigenvalue weighted by Gasteiger charge is -2.37. The van der Waals surface area contributed by atoms with Crippen LogP contribution in [-0.2, 0) is 19.1 Å². The fourth-order valence-electron chi connectivity index (χ4n) is 8.15. The Morgan fingerprint density at radius 1 is 1.04 bits per heavy atom. The number of morpholine rings is 1. The summed E-state index contributed by atoms with van der Waals surface area (Å²) in [5.74, 6) is 0.218. The molecule has 282 valence electrons. The van der Waals surface area contributed by atoms with Crippen LogP contribution in [0.25, 0.3) is 11.1 Å². The van der Waals surface area contributed by atoms with Crippen LogP contribution in [0, 0.1) is 30.6 Å². The zero-order valence-electron chi connectivity index (χ0n) is 31.8. The van der Waals surface area contributed by atoms with Crippen LogP contribution in [0.4, 0.5) is 17.2 Å². The monoisotopic (exact) mass is 741 g/mol. The molecule has 53 heavy (non-hydrogen) atoms. The molecule has 0 spiro atoms. The molecule has 0 bridgehead atoms. The van der Waals surface area contributed by atoms with Crippen molar-refractivity contribution < 1.29 is 19.1 Å². The first-order valence-corrected chi connectivity index (χ1v) is 19.6. The Morgan fingerprint density at radius 3 is 2.38 bits per heavy atom. The van der Waals surface area contributed by atoms with Gasteiger partial charge in [-0.3, -0.25) is 9.59 Å². The van der Waals surface area contributed by atoms with Crippen LogP contribution in [0.3, 0.4) is 0 Å². The van der Waals surface area contributed by atoms with E-state index in [4.69, 9.17) is 31.1 Å². The van der Waals surface area contributed by atoms with E-state index in [0.717, 1.165) is 56.4 Å². The van der Waals surface area contributed by atoms with Gasteiger partial charge >= 0.3 is 5.97 Å². The number of aromatic nitrogens is 2. The zero-order valence-corrected chi connectivity index (χ0v) is 32.5. The maximum Gasteiger partial charge on any atom is 0.343 e. The number of benzene rings is 2. The fourth-order valence-corrected chi connectivity index (χ4v) is 8.28. The van der Waals surface area contributed by atoms with Gasteiger partial charge in [-0.2, -0.15) is 0 Å². The summed E-state index contributed by atoms with van der Waals surface area (Å²) in [5.41, 5.74) is 3.29. The van der Waals surface area contributed by atoms with Crippen LogP contribution in [0.2, 0.25) is 5.02 Å². The number of hydrogen-bond acceptors (Lipinski definition) is 8. The van der Waals surface area contributed by atoms with Gasteiger partial charge in [-0.25, -0.2) is 19.3 Å². The molecule has 2 fully saturated rings. The number of allylic oxidation sites excluding steroid dienone is 1. The van der Waals surface area contributed by atoms with Gasteiger partial charge in [0.25, 0.3) is 5.56 Å². The van der Waals surface area contributed by atoms with Crippen LogP contribution >= 0.6 is 11.6 Å². The van der Waals surface area contributed by atoms with Crippen molar-refractivity contribution in [2.24, 2.45) is 28.7 Å². The minimum Gasteiger partial charge on any atom is -0.458 e. The summed E-state index contributed by atoms with van der Waals surface area (Å²) in [7, 11) is 0. The minimum atomic E-state index is -0.587. The molecule has 1 amide bonds. The van der Waals surface area contributed by atoms with Crippen LogP contribution in [0.1, 0.15) is 90.1 Å². The Morgan fingerprint density at radius 2 is 1.74 bits per heavy atom. The third-order valence-electron chi connectivity index (χ3n) is 10.9. The molecule has 1 aliphatic carbocycles. The molecule has 3 atom stereocenters. The first kappa shape index (κ1) is 38.4. The molecule has 6 rings (SSSR count). The SMILES string of the molecule is CCCCC(CC)C(=O)Nc1cc(=O)n2c(n1)C(C(=O)OC1C(C)CC(C)CC1C)=C(c1ccc(Cl)cc1)C2=Nc1ccc(N2CCOCC2)cc1C. The van der Waals surface area contributed by atoms with E-state index in [1.165, 1.54) is 10.6 Å². The summed E-state index contributed by atoms with van der Waals surface area (Å²) in [6, 6.07) is 14.4. The van der Waals surface area contributed by atoms with E-state index < -0.39 is 11.5 Å². The number of esters is 1. The van der Waals surface area contributed by atoms with Crippen molar-refractivity contribution in [2.75, 3.05) is 36.5 Å². The Hall–Kier alpha value is -4.28. The summed E-state index contributed by atoms with van der Waals surface area (Å²) in [5, 5.41) is 3.42. The van der Waals surface area contributed by atoms with Gasteiger partial charge in [0.15, 0.2) is 11.7 Å². The summed E-state index contributed by atoms with van der Waals surface area (Å²) in [4.78, 5) is 54.6. The van der Waals surface area contributed by atoms with Gasteiger partial charge in [0, 0.05) is 41.4 Å². The number of hydrogen-bond donors (Lipinski definition) is 1. The van der Waals surface area contributed by atoms with Gasteiger partial charge in [-0.15, -0.1) is 0 Å². The van der Waals surface area contributed by atoms with Crippen LogP contribution in [0.15, 0.2) is 58.3 Å². The number of rotatable bonds is 11. The molecule has 3 heterocycles. The van der Waals surface area contributed by atoms with E-state index in [1.807, 2.05) is 38.1 Å². The molecule has 11 heteroatoms. The molecule has 3 unspecified atom stereocenters. The first-order valence-electron chi connectivity index (χ1n) is 19.2. The lowest BCUT2D eigenvalue weighted by atomic mass is 9.75. The van der Waals surface area contributed by atoms with E-state index in [0.29, 0.717) is 47.4 Å². The van der Waals surface area contributed by atoms with Crippen molar-refractivity contribution >= 4 is 57.7 Å². The first-order chi connectivity index (χ1) is 25.5. The van der Waals surface area contributed by atoms with Crippen molar-refractivity contribution in [3.8, 4) is 0 Å². The van der Waals surface area contributed by atoms with Crippen molar-refractivity contribution in [3.05, 3.63) is 80.9 Å². The highest BCUT2D eigenvalue weighted by Crippen LogP contribution is 2.40. The van der Waals surface area contributed by atoms with Crippen molar-refractivity contribution in [1.82, 2.24) is 9.55 Å². The number of ether oxygens (including phenoxy) is 2. The maximum atomic E-state index is 14.7. The van der Waals surface area contributed by atoms with Crippen molar-refractivity contribution in [2.45, 2.75) is 86.2 Å². The molecule has 10 nitrogen and oxygen atoms in total. The second kappa shape index (κ2) is 16.8. The van der Waals surface area contributed by atoms with Crippen molar-refractivity contribution in [1.29, 1.82) is 0 Å². The number of unbranched alkanes of at least 4 members (excludes halogenated alkanes) is 1. The lowest BCUT2D eigenvalue weighted by molar-refractivity contribution is -0.150. The third-order valence-corrected chi connectivity index (χ3v) is 11.1. The summed E-state index contributed by atoms with van der Waals surface area (Å²) in [6.45, 7) is 15.5. The van der Waals surface area contributed by atoms with Gasteiger partial charge in [-0.05, 0) is 91.8 Å². The average Bonchev–Trinajstić information content (AvgIpc) is 3.45. The molecule has 2 aliphatic heterocycles. The Balaban J connectivity index is 1.51. The predicted octanol–water partition coefficient (Wildman–Crippen LogP) is 8.31. The quantitative estimate of drug-likeness (QED) is 0.197. The number of carbonyl (C=O) groups excluding carboxylic acids is 2. The normalized spacial score (nSPS) is 22.8. The molecule has 2 aromatic carbocycles. The summed E-state index contributed by atoms with van der Waals surface area (Å²) < 4.78 is 13.3. The smallest absolute Gasteiger partial charge is 0.343 e. The molecule has 1 aromatic heterocycles. The van der Waals surface area contributed by atoms with E-state index in [1.54, 1.807) is 12.1 Å². The second-order valence-electron chi connectivity index (χ2n) is 15.0. The number of fused-ring (bicyclic) bond motifs is 1. The van der Waals surface area contributed by atoms with E-state index in [9.17, 15) is 14.4 Å². The Kier molecular flexibility index (Phi) is 12.2. The Labute approximate surface area is 317 Å². The van der Waals surface area contributed by atoms with E-state index in [-0.39, 0.29) is 52.8 Å². The minimum absolute atomic E-state index is 0.0789. The highest BCUT2D eigenvalue weighted by molar-refractivity contribution is 6.44. The zero-order chi connectivity index (χ0) is 37.8. The third kappa shape index (κ3) is 8.44. The number of carbonyl (C=O) groups is 2. The van der Waals surface area contributed by atoms with Gasteiger partial charge in [-0.1, -0.05) is 71.2 Å². The standard InChI is InChI=1S/C42H52ClN5O5/c1-7-9-10-29(8-2)41(50)46-34-24-35(49)48-39(44-33-16-15-32(23-26(33)4)47-17-19-52-20-18-47)36(30-11-13-31(43)14-12-30)37(40(48)45-34)42(51)53-38-27(5)21-25(3)22-28(38)6/h11-16,23-25,27-29,38H,7-10,17-22H2,1-6H3,(H,46,50). The van der Waals surface area contributed by atoms with Crippen LogP contribution < -0.4 is 15.8 Å². The van der Waals surface area contributed by atoms with Crippen molar-refractivity contribution in [3.63, 3.8) is 0 Å². The van der Waals surface area contributed by atoms with Crippen LogP contribution in [0.5, 0.6) is 0 Å². The van der Waals surface area contributed by atoms with Gasteiger partial charge in [0.2, 0.25) is 5.91 Å². The Bertz CT molecular complexity index is 1940. The molecule has 1 N–H and O–H groups in total. The van der Waals surface area contributed by atoms with E-state index in [2.05, 4.69) is 44.0 Å². The van der Waals surface area contributed by atoms with Gasteiger partial charge < -0.3 is 19.7 Å². The highest BCUT2D eigenvalue weighted by atomic mass is 35.5. The number of nitrogens with zero attached hydrogens (tertiary/aromatic N) is 4. The summed E-state index contributed by atoms with van der Waals surface area (Å²) in [6.07, 6.45) is 4.85. The molecular weight excluding hydrogens is 690 g/mol. The fraction of sp³-hybridized carbons (Fsp3) is 0.500. The molecule has 3 aromatic rings. The highest BCUT2D eigenvalue weighted by Gasteiger charge is 2.40. The van der Waals surface area contributed by atoms with Gasteiger partial charge in [0.05, 0.1) is 18.9 Å². The van der Waals surface area contributed by atoms with Gasteiger partial charge in [0.1, 0.15) is 17.5 Å². The number of aryl methyl sites for hydroxylation is 1. The van der Waals surface area contributed by atoms with E-state index >= 15 is 0 Å². The molecular formula is C42H52ClN5O5. The van der Waals surface area contributed by atoms with Crippen LogP contribution in [-0.4, -0.2) is 59.7 Å². The molecule has 3 aliphatic rings. The molecule has 1 saturated heterocycles. The average molecular weight is 742 g/mol. The lowest BCUT2D eigenvalue weighted by Crippen LogP contribution is -2.37. The summed E-state index contributed by atoms with van der Waals surface area (Å²) >= 11 is 6.35. The molecule has 0 radical (unpaired) electrons. The maximum absolute atomic E-state index is 14.7. The number of nitrogens with one attached hydrogen (secondary N) is 1.